The number of rotatable bonds is 3. The first kappa shape index (κ1) is 15.5. The molecule has 1 aromatic heterocycles. The molecule has 0 saturated carbocycles. The summed E-state index contributed by atoms with van der Waals surface area (Å²) in [5.74, 6) is 1.12. The van der Waals surface area contributed by atoms with Crippen molar-refractivity contribution < 1.29 is 9.53 Å². The zero-order valence-corrected chi connectivity index (χ0v) is 13.9. The lowest BCUT2D eigenvalue weighted by Crippen LogP contribution is -2.36. The Morgan fingerprint density at radius 3 is 2.87 bits per heavy atom. The highest BCUT2D eigenvalue weighted by Gasteiger charge is 2.24. The van der Waals surface area contributed by atoms with E-state index < -0.39 is 0 Å². The highest BCUT2D eigenvalue weighted by atomic mass is 16.5. The Kier molecular flexibility index (Phi) is 4.33. The van der Waals surface area contributed by atoms with Gasteiger partial charge in [0, 0.05) is 25.4 Å². The fourth-order valence-corrected chi connectivity index (χ4v) is 3.17. The number of amides is 1. The molecular weight excluding hydrogens is 288 g/mol. The number of carbonyl (C=O) groups excluding carboxylic acids is 1. The van der Waals surface area contributed by atoms with Crippen molar-refractivity contribution in [3.63, 3.8) is 0 Å². The van der Waals surface area contributed by atoms with Gasteiger partial charge in [0.15, 0.2) is 0 Å². The van der Waals surface area contributed by atoms with Crippen LogP contribution in [-0.4, -0.2) is 29.4 Å². The van der Waals surface area contributed by atoms with Crippen molar-refractivity contribution in [3.05, 3.63) is 58.9 Å². The van der Waals surface area contributed by atoms with Gasteiger partial charge in [0.1, 0.15) is 11.4 Å². The van der Waals surface area contributed by atoms with Crippen molar-refractivity contribution in [2.45, 2.75) is 32.7 Å². The summed E-state index contributed by atoms with van der Waals surface area (Å²) in [4.78, 5) is 18.8. The van der Waals surface area contributed by atoms with E-state index in [2.05, 4.69) is 37.0 Å². The molecule has 1 amide bonds. The molecule has 0 saturated heterocycles. The van der Waals surface area contributed by atoms with Crippen LogP contribution in [0, 0.1) is 0 Å². The van der Waals surface area contributed by atoms with Crippen molar-refractivity contribution in [2.24, 2.45) is 0 Å². The van der Waals surface area contributed by atoms with Crippen molar-refractivity contribution in [1.29, 1.82) is 0 Å². The number of hydrogen-bond donors (Lipinski definition) is 0. The molecule has 0 atom stereocenters. The average Bonchev–Trinajstić information content (AvgIpc) is 2.60. The van der Waals surface area contributed by atoms with Gasteiger partial charge in [0.2, 0.25) is 0 Å². The molecule has 0 unspecified atom stereocenters. The van der Waals surface area contributed by atoms with E-state index in [9.17, 15) is 4.79 Å². The van der Waals surface area contributed by atoms with Crippen LogP contribution < -0.4 is 4.74 Å². The normalized spacial score (nSPS) is 13.8. The topological polar surface area (TPSA) is 42.4 Å². The molecule has 2 heterocycles. The maximum absolute atomic E-state index is 12.7. The van der Waals surface area contributed by atoms with Gasteiger partial charge in [-0.1, -0.05) is 32.0 Å². The highest BCUT2D eigenvalue weighted by molar-refractivity contribution is 5.92. The summed E-state index contributed by atoms with van der Waals surface area (Å²) in [7, 11) is 1.59. The second-order valence-electron chi connectivity index (χ2n) is 6.20. The van der Waals surface area contributed by atoms with Gasteiger partial charge in [0.05, 0.1) is 7.11 Å². The first-order valence-corrected chi connectivity index (χ1v) is 8.00. The second-order valence-corrected chi connectivity index (χ2v) is 6.20. The van der Waals surface area contributed by atoms with Crippen molar-refractivity contribution in [3.8, 4) is 5.75 Å². The SMILES string of the molecule is COc1ccnc(C(=O)N2CCc3c(cccc3C(C)C)C2)c1. The molecule has 1 aliphatic rings. The standard InChI is InChI=1S/C19H22N2O2/c1-13(2)16-6-4-5-14-12-21(10-8-17(14)16)19(22)18-11-15(23-3)7-9-20-18/h4-7,9,11,13H,8,10,12H2,1-3H3. The molecule has 0 aliphatic carbocycles. The third kappa shape index (κ3) is 3.07. The van der Waals surface area contributed by atoms with Crippen LogP contribution in [0.25, 0.3) is 0 Å². The van der Waals surface area contributed by atoms with Gasteiger partial charge < -0.3 is 9.64 Å². The first-order chi connectivity index (χ1) is 11.1. The lowest BCUT2D eigenvalue weighted by Gasteiger charge is -2.30. The summed E-state index contributed by atoms with van der Waals surface area (Å²) in [5, 5.41) is 0. The summed E-state index contributed by atoms with van der Waals surface area (Å²) in [5.41, 5.74) is 4.49. The number of hydrogen-bond acceptors (Lipinski definition) is 3. The maximum Gasteiger partial charge on any atom is 0.272 e. The van der Waals surface area contributed by atoms with E-state index in [-0.39, 0.29) is 5.91 Å². The summed E-state index contributed by atoms with van der Waals surface area (Å²) in [6.45, 7) is 5.81. The molecule has 4 heteroatoms. The quantitative estimate of drug-likeness (QED) is 0.872. The number of fused-ring (bicyclic) bond motifs is 1. The third-order valence-electron chi connectivity index (χ3n) is 4.40. The Balaban J connectivity index is 1.84. The van der Waals surface area contributed by atoms with Crippen LogP contribution in [0.3, 0.4) is 0 Å². The third-order valence-corrected chi connectivity index (χ3v) is 4.40. The van der Waals surface area contributed by atoms with Crippen LogP contribution in [0.4, 0.5) is 0 Å². The van der Waals surface area contributed by atoms with Gasteiger partial charge in [-0.05, 0) is 35.1 Å². The summed E-state index contributed by atoms with van der Waals surface area (Å²) < 4.78 is 5.18. The molecule has 0 fully saturated rings. The number of nitrogens with zero attached hydrogens (tertiary/aromatic N) is 2. The molecule has 2 aromatic rings. The van der Waals surface area contributed by atoms with Gasteiger partial charge in [-0.15, -0.1) is 0 Å². The summed E-state index contributed by atoms with van der Waals surface area (Å²) in [6.07, 6.45) is 2.51. The monoisotopic (exact) mass is 310 g/mol. The Labute approximate surface area is 137 Å². The first-order valence-electron chi connectivity index (χ1n) is 8.00. The highest BCUT2D eigenvalue weighted by Crippen LogP contribution is 2.28. The Bertz CT molecular complexity index is 725. The van der Waals surface area contributed by atoms with Gasteiger partial charge in [-0.3, -0.25) is 9.78 Å². The minimum atomic E-state index is -0.0375. The average molecular weight is 310 g/mol. The fourth-order valence-electron chi connectivity index (χ4n) is 3.17. The van der Waals surface area contributed by atoms with Crippen LogP contribution in [0.1, 0.15) is 46.9 Å². The van der Waals surface area contributed by atoms with E-state index in [0.29, 0.717) is 23.9 Å². The molecule has 3 rings (SSSR count). The Morgan fingerprint density at radius 2 is 2.13 bits per heavy atom. The molecule has 4 nitrogen and oxygen atoms in total. The molecule has 1 aliphatic heterocycles. The van der Waals surface area contributed by atoms with Gasteiger partial charge in [0.25, 0.3) is 5.91 Å². The van der Waals surface area contributed by atoms with Crippen LogP contribution in [0.15, 0.2) is 36.5 Å². The molecule has 0 N–H and O–H groups in total. The number of methoxy groups -OCH3 is 1. The largest absolute Gasteiger partial charge is 0.497 e. The predicted octanol–water partition coefficient (Wildman–Crippen LogP) is 3.41. The van der Waals surface area contributed by atoms with E-state index >= 15 is 0 Å². The minimum Gasteiger partial charge on any atom is -0.497 e. The Morgan fingerprint density at radius 1 is 1.30 bits per heavy atom. The van der Waals surface area contributed by atoms with E-state index in [0.717, 1.165) is 13.0 Å². The molecular formula is C19H22N2O2. The van der Waals surface area contributed by atoms with Crippen LogP contribution in [0.5, 0.6) is 5.75 Å². The number of pyridine rings is 1. The molecule has 23 heavy (non-hydrogen) atoms. The van der Waals surface area contributed by atoms with Crippen LogP contribution >= 0.6 is 0 Å². The lowest BCUT2D eigenvalue weighted by atomic mass is 9.89. The fraction of sp³-hybridized carbons (Fsp3) is 0.368. The molecule has 0 spiro atoms. The van der Waals surface area contributed by atoms with Crippen molar-refractivity contribution >= 4 is 5.91 Å². The summed E-state index contributed by atoms with van der Waals surface area (Å²) >= 11 is 0. The smallest absolute Gasteiger partial charge is 0.272 e. The number of benzene rings is 1. The second kappa shape index (κ2) is 6.41. The Hall–Kier alpha value is -2.36. The van der Waals surface area contributed by atoms with E-state index in [1.807, 2.05) is 4.90 Å². The molecule has 120 valence electrons. The van der Waals surface area contributed by atoms with Crippen LogP contribution in [0.2, 0.25) is 0 Å². The number of ether oxygens (including phenoxy) is 1. The zero-order valence-electron chi connectivity index (χ0n) is 13.9. The zero-order chi connectivity index (χ0) is 16.4. The van der Waals surface area contributed by atoms with Crippen molar-refractivity contribution in [1.82, 2.24) is 9.88 Å². The van der Waals surface area contributed by atoms with Crippen LogP contribution in [-0.2, 0) is 13.0 Å². The van der Waals surface area contributed by atoms with Gasteiger partial charge >= 0.3 is 0 Å². The molecule has 0 radical (unpaired) electrons. The minimum absolute atomic E-state index is 0.0375. The predicted molar refractivity (Wildman–Crippen MR) is 89.8 cm³/mol. The van der Waals surface area contributed by atoms with E-state index in [1.54, 1.807) is 25.4 Å². The maximum atomic E-state index is 12.7. The lowest BCUT2D eigenvalue weighted by molar-refractivity contribution is 0.0728. The molecule has 1 aromatic carbocycles. The van der Waals surface area contributed by atoms with E-state index in [4.69, 9.17) is 4.74 Å². The van der Waals surface area contributed by atoms with Gasteiger partial charge in [-0.25, -0.2) is 0 Å². The van der Waals surface area contributed by atoms with Gasteiger partial charge in [-0.2, -0.15) is 0 Å². The van der Waals surface area contributed by atoms with Crippen molar-refractivity contribution in [2.75, 3.05) is 13.7 Å². The number of carbonyl (C=O) groups is 1. The van der Waals surface area contributed by atoms with E-state index in [1.165, 1.54) is 16.7 Å². The molecule has 0 bridgehead atoms. The summed E-state index contributed by atoms with van der Waals surface area (Å²) in [6, 6.07) is 9.86. The number of aromatic nitrogens is 1.